The molecular formula is C20H24N4O5. The molecule has 0 aromatic heterocycles. The van der Waals surface area contributed by atoms with Crippen molar-refractivity contribution in [2.45, 2.75) is 38.8 Å². The predicted octanol–water partition coefficient (Wildman–Crippen LogP) is 1.28. The van der Waals surface area contributed by atoms with Gasteiger partial charge in [-0.15, -0.1) is 0 Å². The van der Waals surface area contributed by atoms with Gasteiger partial charge >= 0.3 is 6.03 Å². The van der Waals surface area contributed by atoms with E-state index in [0.29, 0.717) is 30.3 Å². The van der Waals surface area contributed by atoms with Gasteiger partial charge in [-0.25, -0.2) is 4.79 Å². The minimum Gasteiger partial charge on any atom is -0.486 e. The van der Waals surface area contributed by atoms with E-state index in [2.05, 4.69) is 16.7 Å². The summed E-state index contributed by atoms with van der Waals surface area (Å²) in [5, 5.41) is 14.6. The quantitative estimate of drug-likeness (QED) is 0.718. The van der Waals surface area contributed by atoms with Crippen LogP contribution < -0.4 is 20.1 Å². The highest BCUT2D eigenvalue weighted by molar-refractivity contribution is 6.09. The Bertz CT molecular complexity index is 909. The minimum absolute atomic E-state index is 0.150. The number of fused-ring (bicyclic) bond motifs is 1. The number of nitriles is 1. The van der Waals surface area contributed by atoms with Gasteiger partial charge in [0.25, 0.3) is 5.91 Å². The number of hydrogen-bond acceptors (Lipinski definition) is 6. The van der Waals surface area contributed by atoms with Crippen LogP contribution in [-0.4, -0.2) is 48.0 Å². The SMILES string of the molecule is CC(C)[C@@](C)(C#N)NC(=O)CN1C(=O)N[C@@](C)(c2ccc3c(c2)OCCO3)C1=O. The zero-order valence-electron chi connectivity index (χ0n) is 16.9. The lowest BCUT2D eigenvalue weighted by Gasteiger charge is -2.28. The van der Waals surface area contributed by atoms with Gasteiger partial charge in [0.2, 0.25) is 5.91 Å². The van der Waals surface area contributed by atoms with Gasteiger partial charge in [-0.3, -0.25) is 14.5 Å². The van der Waals surface area contributed by atoms with Gasteiger partial charge in [-0.1, -0.05) is 19.9 Å². The Kier molecular flexibility index (Phi) is 5.13. The molecule has 2 atom stereocenters. The number of urea groups is 1. The molecular weight excluding hydrogens is 376 g/mol. The lowest BCUT2D eigenvalue weighted by molar-refractivity contribution is -0.135. The van der Waals surface area contributed by atoms with E-state index >= 15 is 0 Å². The van der Waals surface area contributed by atoms with Crippen LogP contribution >= 0.6 is 0 Å². The number of nitrogens with one attached hydrogen (secondary N) is 2. The third kappa shape index (κ3) is 3.58. The fourth-order valence-corrected chi connectivity index (χ4v) is 3.16. The van der Waals surface area contributed by atoms with Gasteiger partial charge in [0.1, 0.15) is 30.8 Å². The second-order valence-corrected chi connectivity index (χ2v) is 7.82. The van der Waals surface area contributed by atoms with Crippen LogP contribution in [0.25, 0.3) is 0 Å². The highest BCUT2D eigenvalue weighted by Crippen LogP contribution is 2.36. The number of nitrogens with zero attached hydrogens (tertiary/aromatic N) is 2. The molecule has 2 aliphatic heterocycles. The zero-order chi connectivity index (χ0) is 21.4. The average Bonchev–Trinajstić information content (AvgIpc) is 2.91. The van der Waals surface area contributed by atoms with Crippen molar-refractivity contribution in [3.05, 3.63) is 23.8 Å². The summed E-state index contributed by atoms with van der Waals surface area (Å²) in [5.41, 5.74) is -1.92. The number of carbonyl (C=O) groups excluding carboxylic acids is 3. The number of amides is 4. The van der Waals surface area contributed by atoms with Crippen molar-refractivity contribution >= 4 is 17.8 Å². The van der Waals surface area contributed by atoms with Crippen molar-refractivity contribution in [2.24, 2.45) is 5.92 Å². The van der Waals surface area contributed by atoms with E-state index in [1.165, 1.54) is 0 Å². The third-order valence-electron chi connectivity index (χ3n) is 5.48. The minimum atomic E-state index is -1.34. The largest absolute Gasteiger partial charge is 0.486 e. The van der Waals surface area contributed by atoms with Crippen LogP contribution in [0, 0.1) is 17.2 Å². The van der Waals surface area contributed by atoms with Crippen LogP contribution in [0.3, 0.4) is 0 Å². The predicted molar refractivity (Wildman–Crippen MR) is 102 cm³/mol. The molecule has 1 aromatic carbocycles. The Morgan fingerprint density at radius 1 is 1.34 bits per heavy atom. The van der Waals surface area contributed by atoms with Gasteiger partial charge in [0, 0.05) is 0 Å². The van der Waals surface area contributed by atoms with E-state index in [0.717, 1.165) is 4.90 Å². The number of carbonyl (C=O) groups is 3. The summed E-state index contributed by atoms with van der Waals surface area (Å²) >= 11 is 0. The van der Waals surface area contributed by atoms with E-state index in [-0.39, 0.29) is 5.92 Å². The fourth-order valence-electron chi connectivity index (χ4n) is 3.16. The first kappa shape index (κ1) is 20.5. The lowest BCUT2D eigenvalue weighted by Crippen LogP contribution is -2.52. The van der Waals surface area contributed by atoms with Gasteiger partial charge in [-0.2, -0.15) is 5.26 Å². The first-order chi connectivity index (χ1) is 13.6. The molecule has 2 aliphatic rings. The molecule has 3 rings (SSSR count). The molecule has 0 saturated carbocycles. The maximum Gasteiger partial charge on any atom is 0.325 e. The first-order valence-corrected chi connectivity index (χ1v) is 9.37. The number of rotatable bonds is 5. The molecule has 0 radical (unpaired) electrons. The maximum atomic E-state index is 13.0. The molecule has 29 heavy (non-hydrogen) atoms. The third-order valence-corrected chi connectivity index (χ3v) is 5.48. The van der Waals surface area contributed by atoms with Gasteiger partial charge < -0.3 is 20.1 Å². The van der Waals surface area contributed by atoms with Crippen LogP contribution in [0.1, 0.15) is 33.3 Å². The summed E-state index contributed by atoms with van der Waals surface area (Å²) in [5.74, 6) is -0.228. The van der Waals surface area contributed by atoms with Crippen molar-refractivity contribution in [3.8, 4) is 17.6 Å². The molecule has 0 bridgehead atoms. The Balaban J connectivity index is 1.79. The summed E-state index contributed by atoms with van der Waals surface area (Å²) in [6.07, 6.45) is 0. The van der Waals surface area contributed by atoms with Crippen molar-refractivity contribution in [2.75, 3.05) is 19.8 Å². The van der Waals surface area contributed by atoms with Crippen LogP contribution in [0.4, 0.5) is 4.79 Å². The molecule has 1 aromatic rings. The zero-order valence-corrected chi connectivity index (χ0v) is 16.9. The number of imide groups is 1. The molecule has 9 heteroatoms. The number of hydrogen-bond donors (Lipinski definition) is 2. The molecule has 4 amide bonds. The Morgan fingerprint density at radius 2 is 2.00 bits per heavy atom. The molecule has 0 unspecified atom stereocenters. The van der Waals surface area contributed by atoms with E-state index in [4.69, 9.17) is 9.47 Å². The van der Waals surface area contributed by atoms with Crippen molar-refractivity contribution in [1.82, 2.24) is 15.5 Å². The number of ether oxygens (including phenoxy) is 2. The molecule has 0 aliphatic carbocycles. The normalized spacial score (nSPS) is 22.7. The van der Waals surface area contributed by atoms with E-state index < -0.39 is 35.5 Å². The van der Waals surface area contributed by atoms with Crippen LogP contribution in [0.15, 0.2) is 18.2 Å². The van der Waals surface area contributed by atoms with Crippen molar-refractivity contribution < 1.29 is 23.9 Å². The van der Waals surface area contributed by atoms with E-state index in [1.54, 1.807) is 45.9 Å². The molecule has 1 saturated heterocycles. The summed E-state index contributed by atoms with van der Waals surface area (Å²) in [6, 6.07) is 6.41. The fraction of sp³-hybridized carbons (Fsp3) is 0.500. The topological polar surface area (TPSA) is 121 Å². The molecule has 9 nitrogen and oxygen atoms in total. The molecule has 154 valence electrons. The first-order valence-electron chi connectivity index (χ1n) is 9.37. The van der Waals surface area contributed by atoms with E-state index in [1.807, 2.05) is 0 Å². The summed E-state index contributed by atoms with van der Waals surface area (Å²) < 4.78 is 11.0. The van der Waals surface area contributed by atoms with Crippen LogP contribution in [0.2, 0.25) is 0 Å². The van der Waals surface area contributed by atoms with Gasteiger partial charge in [0.05, 0.1) is 6.07 Å². The highest BCUT2D eigenvalue weighted by atomic mass is 16.6. The van der Waals surface area contributed by atoms with E-state index in [9.17, 15) is 19.6 Å². The molecule has 0 spiro atoms. The number of benzene rings is 1. The van der Waals surface area contributed by atoms with Crippen molar-refractivity contribution in [1.29, 1.82) is 5.26 Å². The van der Waals surface area contributed by atoms with Crippen LogP contribution in [-0.2, 0) is 15.1 Å². The Labute approximate surface area is 168 Å². The second-order valence-electron chi connectivity index (χ2n) is 7.82. The summed E-state index contributed by atoms with van der Waals surface area (Å²) in [6.45, 7) is 7.14. The average molecular weight is 400 g/mol. The van der Waals surface area contributed by atoms with Gasteiger partial charge in [-0.05, 0) is 37.5 Å². The smallest absolute Gasteiger partial charge is 0.325 e. The summed E-state index contributed by atoms with van der Waals surface area (Å²) in [4.78, 5) is 38.8. The van der Waals surface area contributed by atoms with Crippen LogP contribution in [0.5, 0.6) is 11.5 Å². The molecule has 2 N–H and O–H groups in total. The second kappa shape index (κ2) is 7.28. The van der Waals surface area contributed by atoms with Gasteiger partial charge in [0.15, 0.2) is 11.5 Å². The maximum absolute atomic E-state index is 13.0. The summed E-state index contributed by atoms with van der Waals surface area (Å²) in [7, 11) is 0. The standard InChI is InChI=1S/C20H24N4O5/c1-12(2)19(3,11-21)22-16(25)10-24-17(26)20(4,23-18(24)27)13-5-6-14-15(9-13)29-8-7-28-14/h5-6,9,12H,7-8,10H2,1-4H3,(H,22,25)(H,23,27)/t19-,20+/m1/s1. The highest BCUT2D eigenvalue weighted by Gasteiger charge is 2.50. The Hall–Kier alpha value is -3.28. The van der Waals surface area contributed by atoms with Crippen molar-refractivity contribution in [3.63, 3.8) is 0 Å². The monoisotopic (exact) mass is 400 g/mol. The molecule has 1 fully saturated rings. The Morgan fingerprint density at radius 3 is 2.62 bits per heavy atom. The lowest BCUT2D eigenvalue weighted by atomic mass is 9.90. The molecule has 2 heterocycles.